The Morgan fingerprint density at radius 2 is 2.25 bits per heavy atom. The van der Waals surface area contributed by atoms with Gasteiger partial charge in [0.15, 0.2) is 5.96 Å². The lowest BCUT2D eigenvalue weighted by Crippen LogP contribution is -2.40. The van der Waals surface area contributed by atoms with Crippen molar-refractivity contribution in [2.45, 2.75) is 40.0 Å². The molecule has 1 saturated heterocycles. The number of guanidine groups is 1. The van der Waals surface area contributed by atoms with Crippen molar-refractivity contribution in [3.05, 3.63) is 15.6 Å². The van der Waals surface area contributed by atoms with Crippen LogP contribution in [0.3, 0.4) is 0 Å². The monoisotopic (exact) mass is 466 g/mol. The van der Waals surface area contributed by atoms with E-state index in [1.54, 1.807) is 7.11 Å². The first-order valence-electron chi connectivity index (χ1n) is 8.65. The third-order valence-electron chi connectivity index (χ3n) is 4.18. The topological polar surface area (TPSA) is 49.8 Å². The molecule has 24 heavy (non-hydrogen) atoms. The summed E-state index contributed by atoms with van der Waals surface area (Å²) in [5.74, 6) is 1.66. The van der Waals surface area contributed by atoms with Crippen molar-refractivity contribution in [3.8, 4) is 0 Å². The van der Waals surface area contributed by atoms with Gasteiger partial charge in [-0.15, -0.1) is 35.3 Å². The van der Waals surface area contributed by atoms with Gasteiger partial charge < -0.3 is 15.0 Å². The van der Waals surface area contributed by atoms with Gasteiger partial charge in [0.05, 0.1) is 17.3 Å². The Morgan fingerprint density at radius 1 is 1.46 bits per heavy atom. The Bertz CT molecular complexity index is 521. The molecule has 0 aromatic carbocycles. The zero-order chi connectivity index (χ0) is 16.7. The summed E-state index contributed by atoms with van der Waals surface area (Å²) in [6, 6.07) is 0. The number of thiazole rings is 1. The molecule has 2 rings (SSSR count). The number of aryl methyl sites for hydroxylation is 2. The SMILES string of the molecule is CCNC(=NCCc1nc(CC)c(C)s1)N1CCC(COC)C1.I. The van der Waals surface area contributed by atoms with Crippen molar-refractivity contribution in [1.82, 2.24) is 15.2 Å². The molecule has 1 unspecified atom stereocenters. The van der Waals surface area contributed by atoms with Crippen LogP contribution < -0.4 is 5.32 Å². The van der Waals surface area contributed by atoms with Crippen LogP contribution in [0.15, 0.2) is 4.99 Å². The van der Waals surface area contributed by atoms with E-state index in [1.807, 2.05) is 11.3 Å². The largest absolute Gasteiger partial charge is 0.384 e. The minimum atomic E-state index is 0. The summed E-state index contributed by atoms with van der Waals surface area (Å²) in [4.78, 5) is 13.2. The van der Waals surface area contributed by atoms with Crippen LogP contribution in [0.4, 0.5) is 0 Å². The Labute approximate surface area is 167 Å². The number of aliphatic imine (C=N–C) groups is 1. The quantitative estimate of drug-likeness (QED) is 0.381. The highest BCUT2D eigenvalue weighted by Crippen LogP contribution is 2.19. The summed E-state index contributed by atoms with van der Waals surface area (Å²) in [6.07, 6.45) is 3.13. The van der Waals surface area contributed by atoms with Gasteiger partial charge in [-0.3, -0.25) is 4.99 Å². The maximum Gasteiger partial charge on any atom is 0.193 e. The molecule has 1 fully saturated rings. The second-order valence-electron chi connectivity index (χ2n) is 6.01. The van der Waals surface area contributed by atoms with Gasteiger partial charge in [0.2, 0.25) is 0 Å². The molecule has 0 bridgehead atoms. The minimum absolute atomic E-state index is 0. The van der Waals surface area contributed by atoms with Gasteiger partial charge in [-0.2, -0.15) is 0 Å². The third kappa shape index (κ3) is 6.15. The van der Waals surface area contributed by atoms with Crippen molar-refractivity contribution < 1.29 is 4.74 Å². The Morgan fingerprint density at radius 3 is 2.88 bits per heavy atom. The van der Waals surface area contributed by atoms with E-state index in [0.29, 0.717) is 5.92 Å². The van der Waals surface area contributed by atoms with E-state index in [1.165, 1.54) is 22.0 Å². The van der Waals surface area contributed by atoms with E-state index < -0.39 is 0 Å². The molecular weight excluding hydrogens is 435 g/mol. The summed E-state index contributed by atoms with van der Waals surface area (Å²) in [5, 5.41) is 4.63. The van der Waals surface area contributed by atoms with Gasteiger partial charge in [0, 0.05) is 50.5 Å². The second-order valence-corrected chi connectivity index (χ2v) is 7.29. The Kier molecular flexibility index (Phi) is 10.1. The highest BCUT2D eigenvalue weighted by Gasteiger charge is 2.24. The predicted octanol–water partition coefficient (Wildman–Crippen LogP) is 3.11. The van der Waals surface area contributed by atoms with Crippen molar-refractivity contribution in [2.24, 2.45) is 10.9 Å². The first-order valence-corrected chi connectivity index (χ1v) is 9.46. The molecule has 7 heteroatoms. The fourth-order valence-corrected chi connectivity index (χ4v) is 4.01. The standard InChI is InChI=1S/C17H30N4OS.HI/c1-5-15-13(3)23-16(20-15)7-9-19-17(18-6-2)21-10-8-14(11-21)12-22-4;/h14H,5-12H2,1-4H3,(H,18,19);1H. The lowest BCUT2D eigenvalue weighted by Gasteiger charge is -2.21. The number of halogens is 1. The zero-order valence-electron chi connectivity index (χ0n) is 15.3. The molecular formula is C17H31IN4OS. The molecule has 0 saturated carbocycles. The van der Waals surface area contributed by atoms with E-state index in [9.17, 15) is 0 Å². The number of hydrogen-bond donors (Lipinski definition) is 1. The third-order valence-corrected chi connectivity index (χ3v) is 5.25. The molecule has 138 valence electrons. The smallest absolute Gasteiger partial charge is 0.193 e. The van der Waals surface area contributed by atoms with Gasteiger partial charge in [-0.1, -0.05) is 6.92 Å². The molecule has 1 aromatic rings. The first kappa shape index (κ1) is 21.6. The van der Waals surface area contributed by atoms with Crippen LogP contribution >= 0.6 is 35.3 Å². The van der Waals surface area contributed by atoms with Crippen LogP contribution in [-0.4, -0.2) is 55.7 Å². The zero-order valence-corrected chi connectivity index (χ0v) is 18.4. The maximum atomic E-state index is 5.28. The Balaban J connectivity index is 0.00000288. The number of nitrogens with one attached hydrogen (secondary N) is 1. The van der Waals surface area contributed by atoms with Crippen molar-refractivity contribution in [3.63, 3.8) is 0 Å². The maximum absolute atomic E-state index is 5.28. The van der Waals surface area contributed by atoms with Crippen LogP contribution in [0.1, 0.15) is 35.8 Å². The minimum Gasteiger partial charge on any atom is -0.384 e. The number of likely N-dealkylation sites (tertiary alicyclic amines) is 1. The lowest BCUT2D eigenvalue weighted by molar-refractivity contribution is 0.157. The van der Waals surface area contributed by atoms with Crippen LogP contribution in [0.5, 0.6) is 0 Å². The fraction of sp³-hybridized carbons (Fsp3) is 0.765. The molecule has 0 radical (unpaired) electrons. The van der Waals surface area contributed by atoms with Crippen LogP contribution in [0.2, 0.25) is 0 Å². The van der Waals surface area contributed by atoms with Crippen LogP contribution in [0.25, 0.3) is 0 Å². The molecule has 1 atom stereocenters. The van der Waals surface area contributed by atoms with Crippen molar-refractivity contribution in [2.75, 3.05) is 39.9 Å². The molecule has 2 heterocycles. The number of hydrogen-bond acceptors (Lipinski definition) is 4. The summed E-state index contributed by atoms with van der Waals surface area (Å²) in [5.41, 5.74) is 1.24. The Hall–Kier alpha value is -0.410. The average Bonchev–Trinajstić information content (AvgIpc) is 3.13. The highest BCUT2D eigenvalue weighted by atomic mass is 127. The molecule has 0 amide bonds. The molecule has 0 aliphatic carbocycles. The van der Waals surface area contributed by atoms with Gasteiger partial charge in [0.1, 0.15) is 0 Å². The van der Waals surface area contributed by atoms with E-state index in [0.717, 1.165) is 51.6 Å². The molecule has 0 spiro atoms. The summed E-state index contributed by atoms with van der Waals surface area (Å²) < 4.78 is 5.28. The number of methoxy groups -OCH3 is 1. The number of aromatic nitrogens is 1. The van der Waals surface area contributed by atoms with Crippen LogP contribution in [0, 0.1) is 12.8 Å². The molecule has 1 N–H and O–H groups in total. The van der Waals surface area contributed by atoms with E-state index in [2.05, 4.69) is 31.0 Å². The van der Waals surface area contributed by atoms with Gasteiger partial charge in [-0.25, -0.2) is 4.98 Å². The summed E-state index contributed by atoms with van der Waals surface area (Å²) in [7, 11) is 1.78. The van der Waals surface area contributed by atoms with Crippen LogP contribution in [-0.2, 0) is 17.6 Å². The summed E-state index contributed by atoms with van der Waals surface area (Å²) >= 11 is 1.81. The number of ether oxygens (including phenoxy) is 1. The van der Waals surface area contributed by atoms with E-state index >= 15 is 0 Å². The normalized spacial score (nSPS) is 17.9. The molecule has 1 aromatic heterocycles. The van der Waals surface area contributed by atoms with E-state index in [4.69, 9.17) is 14.7 Å². The molecule has 1 aliphatic rings. The van der Waals surface area contributed by atoms with Gasteiger partial charge in [-0.05, 0) is 26.7 Å². The number of nitrogens with zero attached hydrogens (tertiary/aromatic N) is 3. The molecule has 1 aliphatic heterocycles. The molecule has 5 nitrogen and oxygen atoms in total. The lowest BCUT2D eigenvalue weighted by atomic mass is 10.1. The average molecular weight is 466 g/mol. The second kappa shape index (κ2) is 11.3. The predicted molar refractivity (Wildman–Crippen MR) is 113 cm³/mol. The van der Waals surface area contributed by atoms with Gasteiger partial charge >= 0.3 is 0 Å². The van der Waals surface area contributed by atoms with Gasteiger partial charge in [0.25, 0.3) is 0 Å². The van der Waals surface area contributed by atoms with Crippen molar-refractivity contribution >= 4 is 41.3 Å². The van der Waals surface area contributed by atoms with E-state index in [-0.39, 0.29) is 24.0 Å². The highest BCUT2D eigenvalue weighted by molar-refractivity contribution is 14.0. The fourth-order valence-electron chi connectivity index (χ4n) is 3.00. The number of rotatable bonds is 7. The van der Waals surface area contributed by atoms with Crippen molar-refractivity contribution in [1.29, 1.82) is 0 Å². The summed E-state index contributed by atoms with van der Waals surface area (Å²) in [6.45, 7) is 11.1. The first-order chi connectivity index (χ1) is 11.2.